The van der Waals surface area contributed by atoms with Gasteiger partial charge < -0.3 is 10.1 Å². The molecule has 0 aliphatic carbocycles. The molecule has 1 aromatic carbocycles. The lowest BCUT2D eigenvalue weighted by molar-refractivity contribution is 0.0526. The van der Waals surface area contributed by atoms with Gasteiger partial charge in [0.2, 0.25) is 0 Å². The van der Waals surface area contributed by atoms with Gasteiger partial charge in [-0.25, -0.2) is 14.8 Å². The smallest absolute Gasteiger partial charge is 0.343 e. The predicted octanol–water partition coefficient (Wildman–Crippen LogP) is 4.61. The molecule has 0 atom stereocenters. The van der Waals surface area contributed by atoms with Crippen LogP contribution in [0.1, 0.15) is 22.8 Å². The largest absolute Gasteiger partial charge is 0.462 e. The Bertz CT molecular complexity index is 700. The molecule has 1 heterocycles. The van der Waals surface area contributed by atoms with E-state index in [1.165, 1.54) is 18.0 Å². The Morgan fingerprint density at radius 3 is 2.78 bits per heavy atom. The molecule has 124 valence electrons. The van der Waals surface area contributed by atoms with Crippen LogP contribution < -0.4 is 5.32 Å². The fourth-order valence-electron chi connectivity index (χ4n) is 1.72. The minimum Gasteiger partial charge on any atom is -0.462 e. The highest BCUT2D eigenvalue weighted by atomic mass is 79.9. The summed E-state index contributed by atoms with van der Waals surface area (Å²) in [6.45, 7) is 4.08. The number of esters is 1. The van der Waals surface area contributed by atoms with Crippen LogP contribution in [-0.4, -0.2) is 28.8 Å². The predicted molar refractivity (Wildman–Crippen MR) is 99.2 cm³/mol. The van der Waals surface area contributed by atoms with E-state index in [1.54, 1.807) is 6.92 Å². The van der Waals surface area contributed by atoms with Gasteiger partial charge in [0.25, 0.3) is 0 Å². The van der Waals surface area contributed by atoms with E-state index in [0.29, 0.717) is 23.1 Å². The number of hydrogen-bond acceptors (Lipinski definition) is 6. The Labute approximate surface area is 154 Å². The van der Waals surface area contributed by atoms with Gasteiger partial charge in [-0.1, -0.05) is 33.8 Å². The normalized spacial score (nSPS) is 9.91. The van der Waals surface area contributed by atoms with Crippen molar-refractivity contribution in [2.24, 2.45) is 0 Å². The number of carbonyl (C=O) groups is 1. The molecule has 0 aliphatic heterocycles. The molecule has 0 unspecified atom stereocenters. The average Bonchev–Trinajstić information content (AvgIpc) is 2.51. The fraction of sp³-hybridized carbons (Fsp3) is 0.267. The number of aromatic nitrogens is 2. The van der Waals surface area contributed by atoms with Crippen LogP contribution in [0.25, 0.3) is 0 Å². The van der Waals surface area contributed by atoms with E-state index < -0.39 is 5.97 Å². The lowest BCUT2D eigenvalue weighted by Crippen LogP contribution is -2.10. The third kappa shape index (κ3) is 5.09. The number of ether oxygens (including phenoxy) is 1. The molecule has 5 nitrogen and oxygen atoms in total. The number of aryl methyl sites for hydroxylation is 1. The maximum Gasteiger partial charge on any atom is 0.343 e. The van der Waals surface area contributed by atoms with Crippen LogP contribution in [-0.2, 0) is 4.74 Å². The van der Waals surface area contributed by atoms with Crippen LogP contribution in [0.5, 0.6) is 0 Å². The quantitative estimate of drug-likeness (QED) is 0.434. The van der Waals surface area contributed by atoms with E-state index in [1.807, 2.05) is 31.4 Å². The van der Waals surface area contributed by atoms with Crippen molar-refractivity contribution in [3.8, 4) is 0 Å². The zero-order valence-electron chi connectivity index (χ0n) is 12.9. The van der Waals surface area contributed by atoms with Gasteiger partial charge in [0.1, 0.15) is 11.4 Å². The van der Waals surface area contributed by atoms with E-state index >= 15 is 0 Å². The van der Waals surface area contributed by atoms with Crippen molar-refractivity contribution in [3.63, 3.8) is 0 Å². The number of thioether (sulfide) groups is 1. The van der Waals surface area contributed by atoms with Gasteiger partial charge in [0.05, 0.1) is 6.61 Å². The lowest BCUT2D eigenvalue weighted by atomic mass is 10.2. The Kier molecular flexibility index (Phi) is 7.81. The Hall–Kier alpha value is -1.31. The molecule has 0 spiro atoms. The number of anilines is 2. The zero-order valence-corrected chi connectivity index (χ0v) is 16.1. The van der Waals surface area contributed by atoms with Crippen LogP contribution in [0.15, 0.2) is 34.0 Å². The molecule has 0 radical (unpaired) electrons. The summed E-state index contributed by atoms with van der Waals surface area (Å²) < 4.78 is 6.03. The van der Waals surface area contributed by atoms with E-state index in [2.05, 4.69) is 31.2 Å². The molecule has 1 N–H and O–H groups in total. The van der Waals surface area contributed by atoms with Crippen LogP contribution in [0.4, 0.5) is 11.5 Å². The number of nitrogens with zero attached hydrogens (tertiary/aromatic N) is 2. The third-order valence-corrected chi connectivity index (χ3v) is 4.30. The summed E-state index contributed by atoms with van der Waals surface area (Å²) in [4.78, 5) is 20.5. The van der Waals surface area contributed by atoms with E-state index in [9.17, 15) is 4.79 Å². The van der Waals surface area contributed by atoms with E-state index in [4.69, 9.17) is 4.74 Å². The molecule has 0 aliphatic rings. The second kappa shape index (κ2) is 9.10. The standard InChI is InChI=1S/C15H16BrN3O2S.ClH/c1-4-21-14(20)11-8-17-15(22-3)19-13(11)18-10-6-5-9(2)12(16)7-10;/h5-8H,4H2,1-3H3,(H,17,18,19);1H. The summed E-state index contributed by atoms with van der Waals surface area (Å²) in [6, 6.07) is 5.84. The molecule has 0 saturated carbocycles. The van der Waals surface area contributed by atoms with Gasteiger partial charge >= 0.3 is 5.97 Å². The fourth-order valence-corrected chi connectivity index (χ4v) is 2.44. The van der Waals surface area contributed by atoms with Gasteiger partial charge in [0.15, 0.2) is 5.16 Å². The average molecular weight is 419 g/mol. The molecule has 0 fully saturated rings. The first-order valence-corrected chi connectivity index (χ1v) is 8.68. The van der Waals surface area contributed by atoms with Crippen molar-refractivity contribution < 1.29 is 9.53 Å². The third-order valence-electron chi connectivity index (χ3n) is 2.88. The Balaban J connectivity index is 0.00000264. The van der Waals surface area contributed by atoms with Crippen LogP contribution in [0.3, 0.4) is 0 Å². The zero-order chi connectivity index (χ0) is 16.1. The molecular formula is C15H17BrClN3O2S. The maximum absolute atomic E-state index is 12.0. The monoisotopic (exact) mass is 417 g/mol. The summed E-state index contributed by atoms with van der Waals surface area (Å²) >= 11 is 4.90. The van der Waals surface area contributed by atoms with Crippen molar-refractivity contribution in [1.82, 2.24) is 9.97 Å². The molecule has 8 heteroatoms. The van der Waals surface area contributed by atoms with Gasteiger partial charge in [-0.05, 0) is 37.8 Å². The summed E-state index contributed by atoms with van der Waals surface area (Å²) in [5, 5.41) is 3.74. The molecule has 2 rings (SSSR count). The summed E-state index contributed by atoms with van der Waals surface area (Å²) in [5.74, 6) is -0.00242. The second-order valence-electron chi connectivity index (χ2n) is 4.43. The van der Waals surface area contributed by atoms with Crippen LogP contribution >= 0.6 is 40.1 Å². The number of hydrogen-bond donors (Lipinski definition) is 1. The first-order valence-electron chi connectivity index (χ1n) is 6.66. The summed E-state index contributed by atoms with van der Waals surface area (Å²) in [5.41, 5.74) is 2.27. The van der Waals surface area contributed by atoms with Crippen molar-refractivity contribution in [2.75, 3.05) is 18.2 Å². The van der Waals surface area contributed by atoms with Gasteiger partial charge in [-0.3, -0.25) is 0 Å². The Morgan fingerprint density at radius 2 is 2.17 bits per heavy atom. The van der Waals surface area contributed by atoms with Gasteiger partial charge in [-0.15, -0.1) is 12.4 Å². The first kappa shape index (κ1) is 19.7. The van der Waals surface area contributed by atoms with E-state index in [0.717, 1.165) is 15.7 Å². The Morgan fingerprint density at radius 1 is 1.43 bits per heavy atom. The van der Waals surface area contributed by atoms with Crippen molar-refractivity contribution in [1.29, 1.82) is 0 Å². The van der Waals surface area contributed by atoms with Crippen LogP contribution in [0, 0.1) is 6.92 Å². The highest BCUT2D eigenvalue weighted by molar-refractivity contribution is 9.10. The number of carbonyl (C=O) groups excluding carboxylic acids is 1. The SMILES string of the molecule is CCOC(=O)c1cnc(SC)nc1Nc1ccc(C)c(Br)c1.Cl. The molecule has 0 bridgehead atoms. The molecule has 0 saturated heterocycles. The minimum atomic E-state index is -0.441. The van der Waals surface area contributed by atoms with Crippen molar-refractivity contribution >= 4 is 57.6 Å². The van der Waals surface area contributed by atoms with Gasteiger partial charge in [-0.2, -0.15) is 0 Å². The number of benzene rings is 1. The molecule has 23 heavy (non-hydrogen) atoms. The topological polar surface area (TPSA) is 64.1 Å². The molecule has 1 aromatic heterocycles. The first-order chi connectivity index (χ1) is 10.5. The summed E-state index contributed by atoms with van der Waals surface area (Å²) in [7, 11) is 0. The molecular weight excluding hydrogens is 402 g/mol. The highest BCUT2D eigenvalue weighted by Gasteiger charge is 2.16. The van der Waals surface area contributed by atoms with Gasteiger partial charge in [0, 0.05) is 16.4 Å². The van der Waals surface area contributed by atoms with Crippen molar-refractivity contribution in [3.05, 3.63) is 40.0 Å². The number of halogens is 2. The van der Waals surface area contributed by atoms with E-state index in [-0.39, 0.29) is 12.4 Å². The lowest BCUT2D eigenvalue weighted by Gasteiger charge is -2.12. The molecule has 2 aromatic rings. The summed E-state index contributed by atoms with van der Waals surface area (Å²) in [6.07, 6.45) is 3.37. The van der Waals surface area contributed by atoms with Crippen LogP contribution in [0.2, 0.25) is 0 Å². The maximum atomic E-state index is 12.0. The highest BCUT2D eigenvalue weighted by Crippen LogP contribution is 2.25. The minimum absolute atomic E-state index is 0. The number of rotatable bonds is 5. The second-order valence-corrected chi connectivity index (χ2v) is 6.06. The number of nitrogens with one attached hydrogen (secondary N) is 1. The van der Waals surface area contributed by atoms with Crippen molar-refractivity contribution in [2.45, 2.75) is 19.0 Å². The molecule has 0 amide bonds.